The van der Waals surface area contributed by atoms with Gasteiger partial charge in [0.25, 0.3) is 0 Å². The molecule has 0 aliphatic carbocycles. The molecule has 0 fully saturated rings. The molecule has 4 N–H and O–H groups in total. The Labute approximate surface area is 211 Å². The Balaban J connectivity index is 1.52. The molecule has 186 valence electrons. The van der Waals surface area contributed by atoms with Crippen LogP contribution in [0.5, 0.6) is 0 Å². The maximum atomic E-state index is 12.8. The van der Waals surface area contributed by atoms with E-state index < -0.39 is 17.3 Å². The summed E-state index contributed by atoms with van der Waals surface area (Å²) >= 11 is 1.42. The number of thiazole rings is 1. The Morgan fingerprint density at radius 3 is 2.53 bits per heavy atom. The number of nitrogens with two attached hydrogens (primary N) is 1. The molecule has 36 heavy (non-hydrogen) atoms. The Hall–Kier alpha value is -3.45. The van der Waals surface area contributed by atoms with Crippen LogP contribution in [0.1, 0.15) is 30.7 Å². The molecular weight excluding hydrogens is 485 g/mol. The van der Waals surface area contributed by atoms with Crippen LogP contribution in [0.25, 0.3) is 21.2 Å². The van der Waals surface area contributed by atoms with Crippen LogP contribution in [-0.2, 0) is 12.6 Å². The second-order valence-electron chi connectivity index (χ2n) is 8.98. The summed E-state index contributed by atoms with van der Waals surface area (Å²) in [5, 5.41) is 16.0. The van der Waals surface area contributed by atoms with Gasteiger partial charge in [-0.25, -0.2) is 4.98 Å². The molecule has 9 heteroatoms. The summed E-state index contributed by atoms with van der Waals surface area (Å²) in [5.74, 6) is 5.81. The largest absolute Gasteiger partial charge is 0.416 e. The number of rotatable bonds is 6. The third kappa shape index (κ3) is 6.61. The Morgan fingerprint density at radius 2 is 1.83 bits per heavy atom. The minimum atomic E-state index is -4.36. The van der Waals surface area contributed by atoms with Crippen LogP contribution in [-0.4, -0.2) is 33.3 Å². The van der Waals surface area contributed by atoms with Crippen LogP contribution in [0.2, 0.25) is 0 Å². The summed E-state index contributed by atoms with van der Waals surface area (Å²) in [6.45, 7) is 3.58. The molecule has 2 aromatic heterocycles. The van der Waals surface area contributed by atoms with Gasteiger partial charge >= 0.3 is 6.18 Å². The molecule has 0 spiro atoms. The lowest BCUT2D eigenvalue weighted by Crippen LogP contribution is -2.31. The maximum absolute atomic E-state index is 12.8. The molecule has 4 rings (SSSR count). The molecule has 1 atom stereocenters. The highest BCUT2D eigenvalue weighted by molar-refractivity contribution is 7.19. The van der Waals surface area contributed by atoms with E-state index in [-0.39, 0.29) is 6.04 Å². The van der Waals surface area contributed by atoms with Gasteiger partial charge in [-0.05, 0) is 67.0 Å². The first-order valence-electron chi connectivity index (χ1n) is 11.2. The summed E-state index contributed by atoms with van der Waals surface area (Å²) in [7, 11) is 0. The van der Waals surface area contributed by atoms with E-state index in [0.29, 0.717) is 23.8 Å². The van der Waals surface area contributed by atoms with E-state index in [0.717, 1.165) is 38.9 Å². The van der Waals surface area contributed by atoms with E-state index in [2.05, 4.69) is 27.1 Å². The van der Waals surface area contributed by atoms with Crippen molar-refractivity contribution >= 4 is 27.2 Å². The minimum Gasteiger partial charge on any atom is -0.378 e. The predicted molar refractivity (Wildman–Crippen MR) is 138 cm³/mol. The van der Waals surface area contributed by atoms with Gasteiger partial charge in [0.15, 0.2) is 5.13 Å². The lowest BCUT2D eigenvalue weighted by atomic mass is 10.0. The van der Waals surface area contributed by atoms with Crippen molar-refractivity contribution in [1.82, 2.24) is 9.97 Å². The number of halogens is 3. The zero-order valence-electron chi connectivity index (χ0n) is 19.7. The predicted octanol–water partition coefficient (Wildman–Crippen LogP) is 5.48. The number of hydrogen-bond acceptors (Lipinski definition) is 6. The number of nitrogens with zero attached hydrogens (tertiary/aromatic N) is 2. The molecule has 0 aliphatic rings. The van der Waals surface area contributed by atoms with Crippen molar-refractivity contribution in [3.63, 3.8) is 0 Å². The number of alkyl halides is 3. The van der Waals surface area contributed by atoms with Crippen molar-refractivity contribution in [3.05, 3.63) is 77.7 Å². The number of aliphatic hydroxyl groups is 1. The Morgan fingerprint density at radius 1 is 1.08 bits per heavy atom. The van der Waals surface area contributed by atoms with Crippen molar-refractivity contribution in [2.45, 2.75) is 38.1 Å². The van der Waals surface area contributed by atoms with Crippen LogP contribution >= 0.6 is 11.3 Å². The number of benzene rings is 2. The second kappa shape index (κ2) is 10.3. The van der Waals surface area contributed by atoms with Crippen molar-refractivity contribution < 1.29 is 18.3 Å². The van der Waals surface area contributed by atoms with Crippen molar-refractivity contribution in [1.29, 1.82) is 0 Å². The normalized spacial score (nSPS) is 12.8. The molecule has 0 radical (unpaired) electrons. The fourth-order valence-corrected chi connectivity index (χ4v) is 4.46. The third-order valence-electron chi connectivity index (χ3n) is 5.31. The molecule has 0 saturated carbocycles. The lowest BCUT2D eigenvalue weighted by Gasteiger charge is -2.13. The zero-order chi connectivity index (χ0) is 25.9. The highest BCUT2D eigenvalue weighted by atomic mass is 32.1. The minimum absolute atomic E-state index is 0.340. The first kappa shape index (κ1) is 25.6. The Bertz CT molecular complexity index is 1410. The van der Waals surface area contributed by atoms with Gasteiger partial charge in [0.1, 0.15) is 11.3 Å². The molecule has 4 aromatic rings. The van der Waals surface area contributed by atoms with E-state index in [1.54, 1.807) is 26.2 Å². The Kier molecular flexibility index (Phi) is 7.31. The summed E-state index contributed by atoms with van der Waals surface area (Å²) in [6.07, 6.45) is -0.420. The van der Waals surface area contributed by atoms with Crippen LogP contribution in [0.4, 0.5) is 18.3 Å². The highest BCUT2D eigenvalue weighted by Crippen LogP contribution is 2.34. The standard InChI is InChI=1S/C27H25F3N4OS/c1-26(2,35)11-9-23-24(19-5-6-20-15-32-12-10-18(20)14-19)36-25(34-23)33-16-22(31)13-17-3-7-21(8-4-17)27(28,29)30/h3-8,10,12,14-15,22,35H,13,16,31H2,1-2H3,(H,33,34)/t22-/m0/s1. The number of anilines is 1. The lowest BCUT2D eigenvalue weighted by molar-refractivity contribution is -0.137. The van der Waals surface area contributed by atoms with Gasteiger partial charge in [0, 0.05) is 30.4 Å². The van der Waals surface area contributed by atoms with Gasteiger partial charge in [-0.15, -0.1) is 0 Å². The van der Waals surface area contributed by atoms with E-state index in [1.807, 2.05) is 24.3 Å². The van der Waals surface area contributed by atoms with Gasteiger partial charge in [-0.2, -0.15) is 13.2 Å². The van der Waals surface area contributed by atoms with Gasteiger partial charge in [0.05, 0.1) is 10.4 Å². The number of fused-ring (bicyclic) bond motifs is 1. The van der Waals surface area contributed by atoms with Gasteiger partial charge in [-0.1, -0.05) is 41.5 Å². The molecule has 0 bridgehead atoms. The van der Waals surface area contributed by atoms with Gasteiger partial charge in [0.2, 0.25) is 0 Å². The topological polar surface area (TPSA) is 84.1 Å². The van der Waals surface area contributed by atoms with Crippen LogP contribution in [0.15, 0.2) is 60.9 Å². The number of pyridine rings is 1. The van der Waals surface area contributed by atoms with Gasteiger partial charge < -0.3 is 16.2 Å². The fourth-order valence-electron chi connectivity index (χ4n) is 3.54. The van der Waals surface area contributed by atoms with Gasteiger partial charge in [-0.3, -0.25) is 4.98 Å². The summed E-state index contributed by atoms with van der Waals surface area (Å²) < 4.78 is 38.3. The molecule has 0 aliphatic heterocycles. The van der Waals surface area contributed by atoms with E-state index in [4.69, 9.17) is 5.73 Å². The summed E-state index contributed by atoms with van der Waals surface area (Å²) in [4.78, 5) is 9.62. The van der Waals surface area contributed by atoms with Crippen molar-refractivity contribution in [3.8, 4) is 22.3 Å². The van der Waals surface area contributed by atoms with E-state index in [1.165, 1.54) is 23.5 Å². The average molecular weight is 511 g/mol. The molecule has 0 amide bonds. The van der Waals surface area contributed by atoms with E-state index >= 15 is 0 Å². The van der Waals surface area contributed by atoms with Crippen molar-refractivity contribution in [2.24, 2.45) is 5.73 Å². The fraction of sp³-hybridized carbons (Fsp3) is 0.259. The van der Waals surface area contributed by atoms with E-state index in [9.17, 15) is 18.3 Å². The average Bonchev–Trinajstić information content (AvgIpc) is 3.24. The molecule has 2 heterocycles. The molecule has 0 unspecified atom stereocenters. The van der Waals surface area contributed by atoms with Crippen LogP contribution < -0.4 is 11.1 Å². The quantitative estimate of drug-likeness (QED) is 0.299. The highest BCUT2D eigenvalue weighted by Gasteiger charge is 2.30. The monoisotopic (exact) mass is 510 g/mol. The summed E-state index contributed by atoms with van der Waals surface area (Å²) in [5.41, 5.74) is 6.58. The first-order valence-corrected chi connectivity index (χ1v) is 12.1. The summed E-state index contributed by atoms with van der Waals surface area (Å²) in [6, 6.07) is 12.6. The molecular formula is C27H25F3N4OS. The maximum Gasteiger partial charge on any atom is 0.416 e. The number of aromatic nitrogens is 2. The smallest absolute Gasteiger partial charge is 0.378 e. The number of hydrogen-bond donors (Lipinski definition) is 3. The third-order valence-corrected chi connectivity index (χ3v) is 6.37. The van der Waals surface area contributed by atoms with Crippen LogP contribution in [0, 0.1) is 11.8 Å². The molecule has 5 nitrogen and oxygen atoms in total. The second-order valence-corrected chi connectivity index (χ2v) is 9.98. The van der Waals surface area contributed by atoms with Crippen molar-refractivity contribution in [2.75, 3.05) is 11.9 Å². The molecule has 2 aromatic carbocycles. The molecule has 0 saturated heterocycles. The zero-order valence-corrected chi connectivity index (χ0v) is 20.5. The first-order chi connectivity index (χ1) is 17.0. The SMILES string of the molecule is CC(C)(O)C#Cc1nc(NC[C@@H](N)Cc2ccc(C(F)(F)F)cc2)sc1-c1ccc2cnccc2c1. The number of nitrogens with one attached hydrogen (secondary N) is 1. The van der Waals surface area contributed by atoms with Crippen LogP contribution in [0.3, 0.4) is 0 Å².